The van der Waals surface area contributed by atoms with Crippen molar-refractivity contribution in [1.82, 2.24) is 30.0 Å². The molecule has 0 radical (unpaired) electrons. The number of fused-ring (bicyclic) bond motifs is 1. The lowest BCUT2D eigenvalue weighted by molar-refractivity contribution is 0.0664. The molecular weight excluding hydrogens is 423 g/mol. The second-order valence-electron chi connectivity index (χ2n) is 9.01. The van der Waals surface area contributed by atoms with E-state index in [0.29, 0.717) is 19.3 Å². The minimum Gasteiger partial charge on any atom is -0.454 e. The van der Waals surface area contributed by atoms with Crippen LogP contribution >= 0.6 is 0 Å². The summed E-state index contributed by atoms with van der Waals surface area (Å²) in [5.41, 5.74) is 2.21. The molecule has 1 fully saturated rings. The van der Waals surface area contributed by atoms with Crippen molar-refractivity contribution in [3.05, 3.63) is 65.2 Å². The number of tetrazole rings is 1. The molecule has 174 valence electrons. The monoisotopic (exact) mass is 452 g/mol. The minimum absolute atomic E-state index is 0.119. The van der Waals surface area contributed by atoms with Crippen molar-refractivity contribution in [3.63, 3.8) is 0 Å². The van der Waals surface area contributed by atoms with Crippen molar-refractivity contribution in [2.75, 3.05) is 33.0 Å². The molecule has 0 N–H and O–H groups in total. The molecule has 5 rings (SSSR count). The van der Waals surface area contributed by atoms with Crippen molar-refractivity contribution in [2.45, 2.75) is 33.0 Å². The van der Waals surface area contributed by atoms with Gasteiger partial charge in [0.05, 0.1) is 12.6 Å². The number of benzene rings is 2. The highest BCUT2D eigenvalue weighted by Gasteiger charge is 2.31. The molecule has 8 nitrogen and oxygen atoms in total. The number of ether oxygens (including phenoxy) is 2. The first kappa shape index (κ1) is 21.8. The maximum atomic E-state index is 13.3. The summed E-state index contributed by atoms with van der Waals surface area (Å²) in [5.74, 6) is 2.62. The van der Waals surface area contributed by atoms with E-state index in [1.807, 2.05) is 10.7 Å². The van der Waals surface area contributed by atoms with Crippen LogP contribution in [-0.4, -0.2) is 63.0 Å². The van der Waals surface area contributed by atoms with E-state index in [2.05, 4.69) is 51.3 Å². The second kappa shape index (κ2) is 9.44. The van der Waals surface area contributed by atoms with E-state index in [4.69, 9.17) is 9.47 Å². The van der Waals surface area contributed by atoms with Gasteiger partial charge < -0.3 is 9.47 Å². The zero-order valence-corrected chi connectivity index (χ0v) is 19.0. The Kier molecular flexibility index (Phi) is 6.24. The molecule has 1 saturated heterocycles. The van der Waals surface area contributed by atoms with Crippen molar-refractivity contribution in [3.8, 4) is 11.5 Å². The summed E-state index contributed by atoms with van der Waals surface area (Å²) in [6.45, 7) is 9.95. The maximum Gasteiger partial charge on any atom is 0.231 e. The van der Waals surface area contributed by atoms with Gasteiger partial charge in [0.15, 0.2) is 17.3 Å². The number of halogens is 1. The van der Waals surface area contributed by atoms with Crippen LogP contribution in [0.15, 0.2) is 42.5 Å². The van der Waals surface area contributed by atoms with E-state index >= 15 is 0 Å². The normalized spacial score (nSPS) is 17.6. The molecule has 9 heteroatoms. The lowest BCUT2D eigenvalue weighted by Crippen LogP contribution is -2.48. The summed E-state index contributed by atoms with van der Waals surface area (Å²) in [7, 11) is 0. The summed E-state index contributed by atoms with van der Waals surface area (Å²) in [6, 6.07) is 12.8. The maximum absolute atomic E-state index is 13.3. The predicted molar refractivity (Wildman–Crippen MR) is 120 cm³/mol. The average Bonchev–Trinajstić information content (AvgIpc) is 3.46. The number of aromatic nitrogens is 4. The van der Waals surface area contributed by atoms with Crippen molar-refractivity contribution >= 4 is 0 Å². The van der Waals surface area contributed by atoms with Gasteiger partial charge >= 0.3 is 0 Å². The fraction of sp³-hybridized carbons (Fsp3) is 0.458. The molecule has 2 aromatic carbocycles. The lowest BCUT2D eigenvalue weighted by Gasteiger charge is -2.40. The molecule has 2 aliphatic rings. The molecule has 0 amide bonds. The smallest absolute Gasteiger partial charge is 0.231 e. The molecule has 1 aromatic heterocycles. The molecule has 3 heterocycles. The van der Waals surface area contributed by atoms with Crippen molar-refractivity contribution in [2.24, 2.45) is 5.92 Å². The van der Waals surface area contributed by atoms with E-state index in [1.165, 1.54) is 17.7 Å². The van der Waals surface area contributed by atoms with Crippen molar-refractivity contribution < 1.29 is 13.9 Å². The average molecular weight is 453 g/mol. The van der Waals surface area contributed by atoms with Crippen LogP contribution in [0.5, 0.6) is 11.5 Å². The van der Waals surface area contributed by atoms with Crippen LogP contribution in [0.25, 0.3) is 0 Å². The molecule has 33 heavy (non-hydrogen) atoms. The largest absolute Gasteiger partial charge is 0.454 e. The van der Waals surface area contributed by atoms with Gasteiger partial charge in [-0.3, -0.25) is 9.80 Å². The van der Waals surface area contributed by atoms with E-state index in [1.54, 1.807) is 12.1 Å². The molecule has 3 aromatic rings. The van der Waals surface area contributed by atoms with Gasteiger partial charge in [0.2, 0.25) is 6.79 Å². The quantitative estimate of drug-likeness (QED) is 0.546. The van der Waals surface area contributed by atoms with Gasteiger partial charge in [-0.05, 0) is 51.7 Å². The first-order chi connectivity index (χ1) is 16.1. The number of nitrogens with zero attached hydrogens (tertiary/aromatic N) is 6. The minimum atomic E-state index is -0.241. The van der Waals surface area contributed by atoms with Crippen LogP contribution in [0.4, 0.5) is 4.39 Å². The van der Waals surface area contributed by atoms with E-state index in [-0.39, 0.29) is 11.9 Å². The predicted octanol–water partition coefficient (Wildman–Crippen LogP) is 3.10. The van der Waals surface area contributed by atoms with Crippen LogP contribution in [0, 0.1) is 11.7 Å². The topological polar surface area (TPSA) is 68.5 Å². The lowest BCUT2D eigenvalue weighted by atomic mass is 10.0. The standard InChI is InChI=1S/C24H29FN6O2/c1-17(2)23(24-26-27-28-31(24)15-18-3-6-20(25)7-4-18)30-11-9-29(10-12-30)14-19-5-8-21-22(13-19)33-16-32-21/h3-8,13,17,23H,9-12,14-16H2,1-2H3/t23-/m0/s1. The Morgan fingerprint density at radius 1 is 0.909 bits per heavy atom. The zero-order chi connectivity index (χ0) is 22.8. The summed E-state index contributed by atoms with van der Waals surface area (Å²) in [5, 5.41) is 12.6. The third-order valence-electron chi connectivity index (χ3n) is 6.34. The molecule has 1 atom stereocenters. The highest BCUT2D eigenvalue weighted by atomic mass is 19.1. The summed E-state index contributed by atoms with van der Waals surface area (Å²) in [6.07, 6.45) is 0. The van der Waals surface area contributed by atoms with E-state index in [0.717, 1.165) is 55.6 Å². The fourth-order valence-electron chi connectivity index (χ4n) is 4.68. The highest BCUT2D eigenvalue weighted by Crippen LogP contribution is 2.33. The van der Waals surface area contributed by atoms with Gasteiger partial charge in [0.1, 0.15) is 5.82 Å². The van der Waals surface area contributed by atoms with Gasteiger partial charge in [0, 0.05) is 32.7 Å². The highest BCUT2D eigenvalue weighted by molar-refractivity contribution is 5.44. The first-order valence-electron chi connectivity index (χ1n) is 11.4. The van der Waals surface area contributed by atoms with Gasteiger partial charge in [0.25, 0.3) is 0 Å². The van der Waals surface area contributed by atoms with E-state index in [9.17, 15) is 4.39 Å². The Bertz CT molecular complexity index is 1080. The van der Waals surface area contributed by atoms with Crippen molar-refractivity contribution in [1.29, 1.82) is 0 Å². The molecule has 2 aliphatic heterocycles. The van der Waals surface area contributed by atoms with Gasteiger partial charge in [-0.25, -0.2) is 9.07 Å². The number of piperazine rings is 1. The fourth-order valence-corrected chi connectivity index (χ4v) is 4.68. The Labute approximate surface area is 192 Å². The first-order valence-corrected chi connectivity index (χ1v) is 11.4. The third-order valence-corrected chi connectivity index (χ3v) is 6.34. The summed E-state index contributed by atoms with van der Waals surface area (Å²) < 4.78 is 26.1. The molecule has 0 bridgehead atoms. The van der Waals surface area contributed by atoms with Crippen LogP contribution in [0.1, 0.15) is 36.8 Å². The van der Waals surface area contributed by atoms with Crippen LogP contribution < -0.4 is 9.47 Å². The molecule has 0 aliphatic carbocycles. The number of rotatable bonds is 7. The molecule has 0 unspecified atom stereocenters. The Balaban J connectivity index is 1.24. The summed E-state index contributed by atoms with van der Waals surface area (Å²) >= 11 is 0. The second-order valence-corrected chi connectivity index (χ2v) is 9.01. The van der Waals surface area contributed by atoms with Gasteiger partial charge in [-0.15, -0.1) is 5.10 Å². The van der Waals surface area contributed by atoms with Crippen LogP contribution in [0.3, 0.4) is 0 Å². The summed E-state index contributed by atoms with van der Waals surface area (Å²) in [4.78, 5) is 4.95. The zero-order valence-electron chi connectivity index (χ0n) is 19.0. The molecular formula is C24H29FN6O2. The number of hydrogen-bond acceptors (Lipinski definition) is 7. The Morgan fingerprint density at radius 2 is 1.64 bits per heavy atom. The van der Waals surface area contributed by atoms with Gasteiger partial charge in [-0.2, -0.15) is 0 Å². The van der Waals surface area contributed by atoms with Crippen LogP contribution in [-0.2, 0) is 13.1 Å². The third kappa shape index (κ3) is 4.84. The van der Waals surface area contributed by atoms with Gasteiger partial charge in [-0.1, -0.05) is 32.0 Å². The molecule has 0 saturated carbocycles. The SMILES string of the molecule is CC(C)[C@@H](c1nnnn1Cc1ccc(F)cc1)N1CCN(Cc2ccc3c(c2)OCO3)CC1. The van der Waals surface area contributed by atoms with Crippen LogP contribution in [0.2, 0.25) is 0 Å². The Morgan fingerprint density at radius 3 is 2.39 bits per heavy atom. The molecule has 0 spiro atoms. The number of hydrogen-bond donors (Lipinski definition) is 0. The Hall–Kier alpha value is -3.04. The van der Waals surface area contributed by atoms with E-state index < -0.39 is 0 Å².